The predicted octanol–water partition coefficient (Wildman–Crippen LogP) is 1.81. The van der Waals surface area contributed by atoms with Crippen molar-refractivity contribution in [2.75, 3.05) is 7.11 Å². The summed E-state index contributed by atoms with van der Waals surface area (Å²) in [5.74, 6) is 0.497. The minimum Gasteiger partial charge on any atom is -0.465 e. The Bertz CT molecular complexity index is 567. The van der Waals surface area contributed by atoms with Crippen LogP contribution < -0.4 is 0 Å². The van der Waals surface area contributed by atoms with E-state index in [2.05, 4.69) is 35.7 Å². The molecule has 0 radical (unpaired) electrons. The minimum atomic E-state index is -0.368. The Morgan fingerprint density at radius 2 is 2.06 bits per heavy atom. The number of hydrogen-bond donors (Lipinski definition) is 0. The molecule has 0 aliphatic carbocycles. The van der Waals surface area contributed by atoms with E-state index in [1.807, 2.05) is 4.40 Å². The van der Waals surface area contributed by atoms with Crippen LogP contribution in [0.2, 0.25) is 0 Å². The molecule has 90 valence electrons. The van der Waals surface area contributed by atoms with Crippen LogP contribution in [0, 0.1) is 0 Å². The third-order valence-electron chi connectivity index (χ3n) is 2.50. The van der Waals surface area contributed by atoms with E-state index in [9.17, 15) is 4.79 Å². The van der Waals surface area contributed by atoms with Crippen molar-refractivity contribution in [2.45, 2.75) is 26.2 Å². The first-order valence-electron chi connectivity index (χ1n) is 5.37. The normalized spacial score (nSPS) is 11.8. The van der Waals surface area contributed by atoms with Gasteiger partial charge < -0.3 is 4.74 Å². The first-order valence-corrected chi connectivity index (χ1v) is 5.37. The molecule has 0 spiro atoms. The van der Waals surface area contributed by atoms with E-state index < -0.39 is 0 Å². The average molecular weight is 233 g/mol. The quantitative estimate of drug-likeness (QED) is 0.705. The second kappa shape index (κ2) is 3.84. The standard InChI is InChI=1S/C12H15N3O2/c1-12(2,3)11-14-13-9-7-8(10(16)17-4)5-6-15(9)11/h5-7H,1-4H3. The molecule has 0 unspecified atom stereocenters. The van der Waals surface area contributed by atoms with Gasteiger partial charge >= 0.3 is 5.97 Å². The number of pyridine rings is 1. The van der Waals surface area contributed by atoms with Crippen LogP contribution in [0.1, 0.15) is 37.0 Å². The predicted molar refractivity (Wildman–Crippen MR) is 63.0 cm³/mol. The van der Waals surface area contributed by atoms with E-state index in [4.69, 9.17) is 0 Å². The van der Waals surface area contributed by atoms with Crippen LogP contribution in [0.15, 0.2) is 18.3 Å². The van der Waals surface area contributed by atoms with Gasteiger partial charge in [-0.1, -0.05) is 20.8 Å². The highest BCUT2D eigenvalue weighted by atomic mass is 16.5. The molecule has 5 nitrogen and oxygen atoms in total. The third kappa shape index (κ3) is 2.00. The number of esters is 1. The van der Waals surface area contributed by atoms with Crippen LogP contribution in [-0.2, 0) is 10.2 Å². The van der Waals surface area contributed by atoms with Gasteiger partial charge in [-0.2, -0.15) is 0 Å². The number of carbonyl (C=O) groups excluding carboxylic acids is 1. The Hall–Kier alpha value is -1.91. The van der Waals surface area contributed by atoms with Gasteiger partial charge in [0.15, 0.2) is 5.65 Å². The molecule has 2 aromatic rings. The lowest BCUT2D eigenvalue weighted by atomic mass is 9.96. The molecule has 0 bridgehead atoms. The SMILES string of the molecule is COC(=O)c1ccn2c(C(C)(C)C)nnc2c1. The highest BCUT2D eigenvalue weighted by Gasteiger charge is 2.21. The number of aromatic nitrogens is 3. The molecule has 0 aliphatic heterocycles. The summed E-state index contributed by atoms with van der Waals surface area (Å²) in [5, 5.41) is 8.22. The Morgan fingerprint density at radius 3 is 2.65 bits per heavy atom. The molecule has 0 N–H and O–H groups in total. The topological polar surface area (TPSA) is 56.5 Å². The van der Waals surface area contributed by atoms with Gasteiger partial charge in [-0.25, -0.2) is 4.79 Å². The third-order valence-corrected chi connectivity index (χ3v) is 2.50. The maximum Gasteiger partial charge on any atom is 0.338 e. The van der Waals surface area contributed by atoms with E-state index in [1.54, 1.807) is 18.3 Å². The van der Waals surface area contributed by atoms with Gasteiger partial charge in [-0.05, 0) is 12.1 Å². The zero-order chi connectivity index (χ0) is 12.6. The largest absolute Gasteiger partial charge is 0.465 e. The molecule has 0 amide bonds. The van der Waals surface area contributed by atoms with Crippen molar-refractivity contribution in [2.24, 2.45) is 0 Å². The van der Waals surface area contributed by atoms with Gasteiger partial charge in [-0.15, -0.1) is 10.2 Å². The second-order valence-corrected chi connectivity index (χ2v) is 4.91. The number of carbonyl (C=O) groups is 1. The number of methoxy groups -OCH3 is 1. The molecule has 0 aliphatic rings. The van der Waals surface area contributed by atoms with Crippen molar-refractivity contribution >= 4 is 11.6 Å². The summed E-state index contributed by atoms with van der Waals surface area (Å²) in [6, 6.07) is 3.38. The van der Waals surface area contributed by atoms with Crippen molar-refractivity contribution in [1.29, 1.82) is 0 Å². The monoisotopic (exact) mass is 233 g/mol. The molecule has 0 saturated heterocycles. The molecule has 0 atom stereocenters. The molecule has 17 heavy (non-hydrogen) atoms. The number of ether oxygens (including phenoxy) is 1. The highest BCUT2D eigenvalue weighted by molar-refractivity contribution is 5.90. The average Bonchev–Trinajstić information content (AvgIpc) is 2.70. The fourth-order valence-corrected chi connectivity index (χ4v) is 1.65. The Morgan fingerprint density at radius 1 is 1.35 bits per heavy atom. The summed E-state index contributed by atoms with van der Waals surface area (Å²) >= 11 is 0. The minimum absolute atomic E-state index is 0.0911. The molecular weight excluding hydrogens is 218 g/mol. The molecule has 2 heterocycles. The molecular formula is C12H15N3O2. The summed E-state index contributed by atoms with van der Waals surface area (Å²) in [5.41, 5.74) is 1.04. The van der Waals surface area contributed by atoms with E-state index in [0.717, 1.165) is 5.82 Å². The Kier molecular flexibility index (Phi) is 2.61. The van der Waals surface area contributed by atoms with Gasteiger partial charge in [0.1, 0.15) is 5.82 Å². The highest BCUT2D eigenvalue weighted by Crippen LogP contribution is 2.21. The van der Waals surface area contributed by atoms with Crippen LogP contribution in [-0.4, -0.2) is 27.7 Å². The Balaban J connectivity index is 2.56. The second-order valence-electron chi connectivity index (χ2n) is 4.91. The van der Waals surface area contributed by atoms with Crippen LogP contribution in [0.4, 0.5) is 0 Å². The lowest BCUT2D eigenvalue weighted by Gasteiger charge is -2.15. The van der Waals surface area contributed by atoms with Crippen molar-refractivity contribution in [3.05, 3.63) is 29.7 Å². The van der Waals surface area contributed by atoms with Crippen molar-refractivity contribution in [1.82, 2.24) is 14.6 Å². The molecule has 0 fully saturated rings. The van der Waals surface area contributed by atoms with Crippen LogP contribution in [0.5, 0.6) is 0 Å². The summed E-state index contributed by atoms with van der Waals surface area (Å²) in [7, 11) is 1.36. The van der Waals surface area contributed by atoms with E-state index >= 15 is 0 Å². The van der Waals surface area contributed by atoms with E-state index in [1.165, 1.54) is 7.11 Å². The van der Waals surface area contributed by atoms with Gasteiger partial charge in [0.05, 0.1) is 12.7 Å². The van der Waals surface area contributed by atoms with E-state index in [-0.39, 0.29) is 11.4 Å². The lowest BCUT2D eigenvalue weighted by Crippen LogP contribution is -2.16. The molecule has 2 rings (SSSR count). The summed E-state index contributed by atoms with van der Waals surface area (Å²) in [6.45, 7) is 6.20. The van der Waals surface area contributed by atoms with Crippen molar-refractivity contribution < 1.29 is 9.53 Å². The van der Waals surface area contributed by atoms with Crippen LogP contribution in [0.3, 0.4) is 0 Å². The van der Waals surface area contributed by atoms with Gasteiger partial charge in [0.2, 0.25) is 0 Å². The maximum absolute atomic E-state index is 11.4. The number of rotatable bonds is 1. The van der Waals surface area contributed by atoms with Gasteiger partial charge in [0.25, 0.3) is 0 Å². The number of fused-ring (bicyclic) bond motifs is 1. The van der Waals surface area contributed by atoms with Gasteiger partial charge in [-0.3, -0.25) is 4.40 Å². The number of hydrogen-bond acceptors (Lipinski definition) is 4. The van der Waals surface area contributed by atoms with Gasteiger partial charge in [0, 0.05) is 11.6 Å². The smallest absolute Gasteiger partial charge is 0.338 e. The summed E-state index contributed by atoms with van der Waals surface area (Å²) < 4.78 is 6.54. The maximum atomic E-state index is 11.4. The van der Waals surface area contributed by atoms with Crippen molar-refractivity contribution in [3.63, 3.8) is 0 Å². The van der Waals surface area contributed by atoms with Crippen LogP contribution in [0.25, 0.3) is 5.65 Å². The Labute approximate surface area is 99.4 Å². The number of nitrogens with zero attached hydrogens (tertiary/aromatic N) is 3. The molecule has 5 heteroatoms. The zero-order valence-corrected chi connectivity index (χ0v) is 10.4. The summed E-state index contributed by atoms with van der Waals surface area (Å²) in [6.07, 6.45) is 1.79. The molecule has 2 aromatic heterocycles. The first kappa shape index (κ1) is 11.6. The first-order chi connectivity index (χ1) is 7.93. The fraction of sp³-hybridized carbons (Fsp3) is 0.417. The summed E-state index contributed by atoms with van der Waals surface area (Å²) in [4.78, 5) is 11.4. The molecule has 0 saturated carbocycles. The molecule has 0 aromatic carbocycles. The van der Waals surface area contributed by atoms with E-state index in [0.29, 0.717) is 11.2 Å². The fourth-order valence-electron chi connectivity index (χ4n) is 1.65. The lowest BCUT2D eigenvalue weighted by molar-refractivity contribution is 0.0600. The zero-order valence-electron chi connectivity index (χ0n) is 10.4. The van der Waals surface area contributed by atoms with Crippen LogP contribution >= 0.6 is 0 Å². The van der Waals surface area contributed by atoms with Crippen molar-refractivity contribution in [3.8, 4) is 0 Å².